The van der Waals surface area contributed by atoms with Crippen molar-refractivity contribution in [3.8, 4) is 44.5 Å². The summed E-state index contributed by atoms with van der Waals surface area (Å²) >= 11 is 0. The number of rotatable bonds is 6. The number of nitrogens with zero attached hydrogens (tertiary/aromatic N) is 1. The number of hydrogen-bond acceptors (Lipinski definition) is 2. The molecule has 0 saturated carbocycles. The average Bonchev–Trinajstić information content (AvgIpc) is 3.17. The van der Waals surface area contributed by atoms with Crippen molar-refractivity contribution in [2.45, 2.75) is 13.8 Å². The Balaban J connectivity index is 1.21. The van der Waals surface area contributed by atoms with E-state index in [0.717, 1.165) is 33.2 Å². The van der Waals surface area contributed by atoms with E-state index >= 15 is 0 Å². The lowest BCUT2D eigenvalue weighted by molar-refractivity contribution is 1.41. The number of nitrogens with one attached hydrogen (secondary N) is 1. The highest BCUT2D eigenvalue weighted by Crippen LogP contribution is 2.45. The van der Waals surface area contributed by atoms with Gasteiger partial charge in [0.15, 0.2) is 0 Å². The monoisotopic (exact) mass is 638 g/mol. The Labute approximate surface area is 291 Å². The molecule has 9 rings (SSSR count). The summed E-state index contributed by atoms with van der Waals surface area (Å²) in [5.41, 5.74) is 13.2. The van der Waals surface area contributed by atoms with Crippen LogP contribution >= 0.6 is 0 Å². The quantitative estimate of drug-likeness (QED) is 0.143. The first-order valence-corrected chi connectivity index (χ1v) is 17.1. The number of aryl methyl sites for hydroxylation is 1. The minimum atomic E-state index is 0.523. The van der Waals surface area contributed by atoms with Gasteiger partial charge in [0.25, 0.3) is 0 Å². The third-order valence-corrected chi connectivity index (χ3v) is 10.1. The van der Waals surface area contributed by atoms with Crippen molar-refractivity contribution >= 4 is 48.9 Å². The van der Waals surface area contributed by atoms with E-state index in [1.807, 2.05) is 43.5 Å². The second kappa shape index (κ2) is 11.9. The van der Waals surface area contributed by atoms with Crippen molar-refractivity contribution in [3.05, 3.63) is 175 Å². The Morgan fingerprint density at radius 3 is 1.72 bits per heavy atom. The molecule has 2 heteroatoms. The van der Waals surface area contributed by atoms with Gasteiger partial charge in [0.2, 0.25) is 0 Å². The lowest BCUT2D eigenvalue weighted by Gasteiger charge is -2.19. The van der Waals surface area contributed by atoms with Crippen molar-refractivity contribution in [3.63, 3.8) is 0 Å². The van der Waals surface area contributed by atoms with E-state index in [1.54, 1.807) is 0 Å². The van der Waals surface area contributed by atoms with E-state index in [9.17, 15) is 0 Å². The molecule has 1 N–H and O–H groups in total. The minimum absolute atomic E-state index is 0.523. The Bertz CT molecular complexity index is 2730. The zero-order valence-electron chi connectivity index (χ0n) is 28.0. The van der Waals surface area contributed by atoms with Gasteiger partial charge in [-0.05, 0) is 127 Å². The van der Waals surface area contributed by atoms with Crippen LogP contribution in [0.15, 0.2) is 164 Å². The molecule has 0 aliphatic heterocycles. The molecule has 50 heavy (non-hydrogen) atoms. The molecule has 0 spiro atoms. The second-order valence-electron chi connectivity index (χ2n) is 13.2. The molecule has 0 aliphatic carbocycles. The summed E-state index contributed by atoms with van der Waals surface area (Å²) in [6.45, 7) is 4.08. The molecular weight excluding hydrogens is 605 g/mol. The van der Waals surface area contributed by atoms with Crippen LogP contribution in [0, 0.1) is 12.3 Å². The van der Waals surface area contributed by atoms with Crippen LogP contribution in [0.2, 0.25) is 0 Å². The summed E-state index contributed by atoms with van der Waals surface area (Å²) in [5.74, 6) is 0. The van der Waals surface area contributed by atoms with Crippen molar-refractivity contribution in [2.24, 2.45) is 0 Å². The predicted octanol–water partition coefficient (Wildman–Crippen LogP) is 13.1. The maximum atomic E-state index is 8.25. The molecule has 0 radical (unpaired) electrons. The molecule has 2 nitrogen and oxygen atoms in total. The van der Waals surface area contributed by atoms with Gasteiger partial charge in [0.1, 0.15) is 0 Å². The van der Waals surface area contributed by atoms with Gasteiger partial charge in [0, 0.05) is 17.1 Å². The molecule has 0 unspecified atom stereocenters. The summed E-state index contributed by atoms with van der Waals surface area (Å²) in [4.78, 5) is 4.77. The number of fused-ring (bicyclic) bond motifs is 1. The fourth-order valence-electron chi connectivity index (χ4n) is 7.47. The molecule has 0 saturated heterocycles. The van der Waals surface area contributed by atoms with Crippen LogP contribution < -0.4 is 0 Å². The zero-order valence-corrected chi connectivity index (χ0v) is 28.0. The van der Waals surface area contributed by atoms with Crippen LogP contribution in [0.4, 0.5) is 0 Å². The highest BCUT2D eigenvalue weighted by Gasteiger charge is 2.18. The van der Waals surface area contributed by atoms with E-state index in [0.29, 0.717) is 5.71 Å². The molecule has 9 aromatic rings. The molecule has 236 valence electrons. The Morgan fingerprint density at radius 2 is 1.08 bits per heavy atom. The first-order valence-electron chi connectivity index (χ1n) is 17.1. The number of allylic oxidation sites excluding steroid dienone is 2. The zero-order chi connectivity index (χ0) is 33.8. The van der Waals surface area contributed by atoms with Crippen molar-refractivity contribution < 1.29 is 0 Å². The van der Waals surface area contributed by atoms with Crippen molar-refractivity contribution in [1.82, 2.24) is 4.98 Å². The lowest BCUT2D eigenvalue weighted by Crippen LogP contribution is -1.93. The average molecular weight is 639 g/mol. The molecule has 0 atom stereocenters. The van der Waals surface area contributed by atoms with Gasteiger partial charge in [-0.1, -0.05) is 127 Å². The van der Waals surface area contributed by atoms with E-state index in [2.05, 4.69) is 134 Å². The summed E-state index contributed by atoms with van der Waals surface area (Å²) in [5, 5.41) is 17.0. The van der Waals surface area contributed by atoms with Gasteiger partial charge < -0.3 is 5.41 Å². The van der Waals surface area contributed by atoms with Crippen molar-refractivity contribution in [1.29, 1.82) is 5.41 Å². The van der Waals surface area contributed by atoms with E-state index in [1.165, 1.54) is 65.7 Å². The Kier molecular flexibility index (Phi) is 7.10. The molecule has 0 fully saturated rings. The number of benzene rings is 8. The first-order chi connectivity index (χ1) is 24.5. The largest absolute Gasteiger partial charge is 0.300 e. The third kappa shape index (κ3) is 5.05. The number of pyridine rings is 1. The molecule has 0 bridgehead atoms. The number of para-hydroxylation sites is 1. The second-order valence-corrected chi connectivity index (χ2v) is 13.2. The van der Waals surface area contributed by atoms with Gasteiger partial charge in [0.05, 0.1) is 11.2 Å². The van der Waals surface area contributed by atoms with E-state index in [4.69, 9.17) is 10.4 Å². The maximum absolute atomic E-state index is 8.25. The van der Waals surface area contributed by atoms with E-state index in [-0.39, 0.29) is 0 Å². The third-order valence-electron chi connectivity index (χ3n) is 10.1. The molecule has 0 amide bonds. The standard InChI is InChI=1S/C48H34N2/c1-3-6-45(49)35-19-15-32(16-20-35)31-13-17-34(18-14-31)44-28-43(33-11-9-30(2)10-12-33)41-23-21-37-26-39(27-38-22-24-42(44)48(41)47(37)38)40-25-36-7-4-5-8-46(36)50-29-40/h3-29,49H,1-2H3/b6-3-,49-45?. The first kappa shape index (κ1) is 29.7. The fourth-order valence-corrected chi connectivity index (χ4v) is 7.47. The summed E-state index contributed by atoms with van der Waals surface area (Å²) in [7, 11) is 0. The summed E-state index contributed by atoms with van der Waals surface area (Å²) < 4.78 is 0. The normalized spacial score (nSPS) is 11.8. The minimum Gasteiger partial charge on any atom is -0.300 e. The SMILES string of the molecule is C/C=C\C(=N)c1ccc(-c2ccc(-c3cc(-c4ccc(C)cc4)c4ccc5cc(-c6cnc7ccccc7c6)cc6ccc3c4c56)cc2)cc1. The topological polar surface area (TPSA) is 36.7 Å². The van der Waals surface area contributed by atoms with Crippen LogP contribution in [0.1, 0.15) is 18.1 Å². The fraction of sp³-hybridized carbons (Fsp3) is 0.0417. The van der Waals surface area contributed by atoms with Crippen LogP contribution in [0.5, 0.6) is 0 Å². The van der Waals surface area contributed by atoms with Crippen LogP contribution in [-0.2, 0) is 0 Å². The van der Waals surface area contributed by atoms with Gasteiger partial charge in [-0.25, -0.2) is 0 Å². The van der Waals surface area contributed by atoms with Gasteiger partial charge in [-0.2, -0.15) is 0 Å². The molecule has 1 heterocycles. The van der Waals surface area contributed by atoms with Crippen LogP contribution in [0.25, 0.3) is 87.7 Å². The number of aromatic nitrogens is 1. The van der Waals surface area contributed by atoms with Crippen LogP contribution in [-0.4, -0.2) is 10.7 Å². The smallest absolute Gasteiger partial charge is 0.0702 e. The van der Waals surface area contributed by atoms with Crippen LogP contribution in [0.3, 0.4) is 0 Å². The highest BCUT2D eigenvalue weighted by atomic mass is 14.6. The number of hydrogen-bond donors (Lipinski definition) is 1. The summed E-state index contributed by atoms with van der Waals surface area (Å²) in [6, 6.07) is 52.9. The van der Waals surface area contributed by atoms with E-state index < -0.39 is 0 Å². The van der Waals surface area contributed by atoms with Gasteiger partial charge >= 0.3 is 0 Å². The Hall–Kier alpha value is -6.38. The van der Waals surface area contributed by atoms with Gasteiger partial charge in [-0.3, -0.25) is 4.98 Å². The predicted molar refractivity (Wildman–Crippen MR) is 214 cm³/mol. The molecule has 8 aromatic carbocycles. The highest BCUT2D eigenvalue weighted by molar-refractivity contribution is 6.28. The maximum Gasteiger partial charge on any atom is 0.0702 e. The molecule has 0 aliphatic rings. The molecule has 1 aromatic heterocycles. The Morgan fingerprint density at radius 1 is 0.520 bits per heavy atom. The molecular formula is C48H34N2. The lowest BCUT2D eigenvalue weighted by atomic mass is 9.84. The van der Waals surface area contributed by atoms with Gasteiger partial charge in [-0.15, -0.1) is 0 Å². The van der Waals surface area contributed by atoms with Crippen molar-refractivity contribution in [2.75, 3.05) is 0 Å². The summed E-state index contributed by atoms with van der Waals surface area (Å²) in [6.07, 6.45) is 5.72.